The summed E-state index contributed by atoms with van der Waals surface area (Å²) in [5.74, 6) is -0.401. The highest BCUT2D eigenvalue weighted by Crippen LogP contribution is 2.31. The second-order valence-electron chi connectivity index (χ2n) is 11.4. The Bertz CT molecular complexity index is 1910. The van der Waals surface area contributed by atoms with Crippen LogP contribution < -0.4 is 0 Å². The van der Waals surface area contributed by atoms with Gasteiger partial charge in [-0.15, -0.1) is 0 Å². The molecule has 0 aliphatic heterocycles. The Labute approximate surface area is 325 Å². The number of aromatic hydroxyl groups is 4. The number of aromatic nitrogens is 6. The molecule has 0 unspecified atom stereocenters. The molecule has 12 heteroatoms. The highest BCUT2D eigenvalue weighted by Gasteiger charge is 2.02. The van der Waals surface area contributed by atoms with Crippen molar-refractivity contribution in [3.05, 3.63) is 178 Å². The molecule has 278 valence electrons. The van der Waals surface area contributed by atoms with Crippen LogP contribution in [0.25, 0.3) is 11.4 Å². The molecule has 7 aromatic rings. The number of benzene rings is 2. The van der Waals surface area contributed by atoms with Crippen molar-refractivity contribution in [3.8, 4) is 34.4 Å². The van der Waals surface area contributed by atoms with Crippen LogP contribution in [0.2, 0.25) is 10.0 Å². The summed E-state index contributed by atoms with van der Waals surface area (Å²) in [4.78, 5) is 25.0. The lowest BCUT2D eigenvalue weighted by atomic mass is 10.1. The lowest BCUT2D eigenvalue weighted by molar-refractivity contribution is 0.450. The molecule has 10 nitrogen and oxygen atoms in total. The van der Waals surface area contributed by atoms with Crippen LogP contribution in [-0.2, 0) is 12.8 Å². The van der Waals surface area contributed by atoms with Gasteiger partial charge in [-0.3, -0.25) is 29.9 Å². The normalized spacial score (nSPS) is 9.74. The van der Waals surface area contributed by atoms with Crippen molar-refractivity contribution in [1.82, 2.24) is 29.9 Å². The fraction of sp³-hybridized carbons (Fsp3) is 0.143. The Morgan fingerprint density at radius 3 is 0.981 bits per heavy atom. The number of hydrogen-bond donors (Lipinski definition) is 4. The zero-order valence-corrected chi connectivity index (χ0v) is 31.9. The summed E-state index contributed by atoms with van der Waals surface area (Å²) in [5, 5.41) is 35.2. The molecule has 2 aromatic carbocycles. The number of aryl methyl sites for hydroxylation is 6. The van der Waals surface area contributed by atoms with E-state index >= 15 is 0 Å². The van der Waals surface area contributed by atoms with Crippen molar-refractivity contribution < 1.29 is 20.4 Å². The second kappa shape index (κ2) is 22.8. The first-order valence-electron chi connectivity index (χ1n) is 16.7. The van der Waals surface area contributed by atoms with Gasteiger partial charge in [0.1, 0.15) is 33.0 Å². The molecule has 5 aromatic heterocycles. The third-order valence-electron chi connectivity index (χ3n) is 7.43. The SMILES string of the molecule is Cc1nc(C)c(C)nc1C.Oc1cccc(O)c1Cl.Oc1cccc(O)c1Cl.c1cc(CCc2ccncc2)ccn1.c1ccc(-c2ccccn2)nc1. The van der Waals surface area contributed by atoms with Gasteiger partial charge in [0.05, 0.1) is 34.2 Å². The fourth-order valence-electron chi connectivity index (χ4n) is 4.26. The Morgan fingerprint density at radius 1 is 0.407 bits per heavy atom. The van der Waals surface area contributed by atoms with Gasteiger partial charge >= 0.3 is 0 Å². The maximum atomic E-state index is 8.81. The van der Waals surface area contributed by atoms with E-state index in [2.05, 4.69) is 54.2 Å². The molecule has 0 aliphatic rings. The molecule has 0 bridgehead atoms. The zero-order chi connectivity index (χ0) is 39.3. The predicted molar refractivity (Wildman–Crippen MR) is 214 cm³/mol. The minimum Gasteiger partial charge on any atom is -0.506 e. The zero-order valence-electron chi connectivity index (χ0n) is 30.3. The molecule has 0 aliphatic carbocycles. The van der Waals surface area contributed by atoms with Gasteiger partial charge in [-0.25, -0.2) is 0 Å². The summed E-state index contributed by atoms with van der Waals surface area (Å²) < 4.78 is 0. The Hall–Kier alpha value is -6.10. The van der Waals surface area contributed by atoms with Crippen LogP contribution in [0, 0.1) is 27.7 Å². The van der Waals surface area contributed by atoms with Crippen LogP contribution in [0.15, 0.2) is 134 Å². The maximum Gasteiger partial charge on any atom is 0.137 e. The number of rotatable bonds is 4. The predicted octanol–water partition coefficient (Wildman–Crippen LogP) is 9.62. The summed E-state index contributed by atoms with van der Waals surface area (Å²) >= 11 is 10.8. The lowest BCUT2D eigenvalue weighted by Crippen LogP contribution is -1.97. The van der Waals surface area contributed by atoms with E-state index in [1.807, 2.05) is 88.9 Å². The summed E-state index contributed by atoms with van der Waals surface area (Å²) in [6.07, 6.45) is 13.0. The monoisotopic (exact) mass is 764 g/mol. The van der Waals surface area contributed by atoms with Gasteiger partial charge < -0.3 is 20.4 Å². The minimum atomic E-state index is -0.100. The summed E-state index contributed by atoms with van der Waals surface area (Å²) in [6, 6.07) is 28.5. The standard InChI is InChI=1S/C12H12N2.C10H8N2.C8H12N2.2C6H5ClO2/c1(11-3-7-13-8-4-11)2-12-5-9-14-10-6-12;1-3-7-11-9(5-1)10-6-2-4-8-12-10;1-5-6(2)10-8(4)7(3)9-5;2*7-6-4(8)2-1-3-5(6)9/h3-10H,1-2H2;1-8H;1-4H3;2*1-3,8-9H. The van der Waals surface area contributed by atoms with Gasteiger partial charge in [0.2, 0.25) is 0 Å². The molecule has 7 rings (SSSR count). The number of phenolic OH excluding ortho intramolecular Hbond substituents is 4. The van der Waals surface area contributed by atoms with Crippen molar-refractivity contribution in [2.45, 2.75) is 40.5 Å². The molecule has 0 atom stereocenters. The molecule has 0 amide bonds. The largest absolute Gasteiger partial charge is 0.506 e. The quantitative estimate of drug-likeness (QED) is 0.136. The van der Waals surface area contributed by atoms with E-state index in [4.69, 9.17) is 43.6 Å². The van der Waals surface area contributed by atoms with Crippen molar-refractivity contribution in [1.29, 1.82) is 0 Å². The molecule has 0 saturated carbocycles. The topological polar surface area (TPSA) is 158 Å². The van der Waals surface area contributed by atoms with Crippen LogP contribution in [0.5, 0.6) is 23.0 Å². The first kappa shape index (κ1) is 42.3. The van der Waals surface area contributed by atoms with Gasteiger partial charge in [0.25, 0.3) is 0 Å². The van der Waals surface area contributed by atoms with Crippen LogP contribution >= 0.6 is 23.2 Å². The van der Waals surface area contributed by atoms with Crippen LogP contribution in [0.1, 0.15) is 33.9 Å². The van der Waals surface area contributed by atoms with E-state index in [1.54, 1.807) is 12.4 Å². The number of pyridine rings is 4. The first-order valence-corrected chi connectivity index (χ1v) is 17.4. The average molecular weight is 766 g/mol. The lowest BCUT2D eigenvalue weighted by Gasteiger charge is -2.01. The van der Waals surface area contributed by atoms with E-state index < -0.39 is 0 Å². The van der Waals surface area contributed by atoms with E-state index in [0.717, 1.165) is 47.0 Å². The van der Waals surface area contributed by atoms with Gasteiger partial charge in [0, 0.05) is 37.2 Å². The summed E-state index contributed by atoms with van der Waals surface area (Å²) in [5.41, 5.74) is 8.61. The Kier molecular flexibility index (Phi) is 17.8. The van der Waals surface area contributed by atoms with Crippen molar-refractivity contribution in [3.63, 3.8) is 0 Å². The molecule has 0 spiro atoms. The van der Waals surface area contributed by atoms with Crippen LogP contribution in [0.3, 0.4) is 0 Å². The first-order chi connectivity index (χ1) is 26.0. The van der Waals surface area contributed by atoms with Crippen molar-refractivity contribution in [2.24, 2.45) is 0 Å². The molecule has 54 heavy (non-hydrogen) atoms. The highest BCUT2D eigenvalue weighted by atomic mass is 35.5. The third kappa shape index (κ3) is 14.9. The molecular weight excluding hydrogens is 723 g/mol. The average Bonchev–Trinajstić information content (AvgIpc) is 3.20. The minimum absolute atomic E-state index is 0.00231. The number of phenols is 4. The molecule has 4 N–H and O–H groups in total. The van der Waals surface area contributed by atoms with Gasteiger partial charge in [-0.1, -0.05) is 47.5 Å². The van der Waals surface area contributed by atoms with Gasteiger partial charge in [-0.05, 0) is 124 Å². The van der Waals surface area contributed by atoms with E-state index in [1.165, 1.54) is 47.5 Å². The third-order valence-corrected chi connectivity index (χ3v) is 8.20. The number of hydrogen-bond acceptors (Lipinski definition) is 10. The molecule has 5 heterocycles. The smallest absolute Gasteiger partial charge is 0.137 e. The maximum absolute atomic E-state index is 8.81. The van der Waals surface area contributed by atoms with Gasteiger partial charge in [-0.2, -0.15) is 0 Å². The van der Waals surface area contributed by atoms with E-state index in [9.17, 15) is 0 Å². The Balaban J connectivity index is 0.000000184. The molecule has 0 radical (unpaired) electrons. The van der Waals surface area contributed by atoms with Crippen LogP contribution in [-0.4, -0.2) is 50.3 Å². The van der Waals surface area contributed by atoms with Crippen LogP contribution in [0.4, 0.5) is 0 Å². The summed E-state index contributed by atoms with van der Waals surface area (Å²) in [6.45, 7) is 7.92. The number of halogens is 2. The molecular formula is C42H42Cl2N6O4. The fourth-order valence-corrected chi connectivity index (χ4v) is 4.51. The number of nitrogens with zero attached hydrogens (tertiary/aromatic N) is 6. The summed E-state index contributed by atoms with van der Waals surface area (Å²) in [7, 11) is 0. The van der Waals surface area contributed by atoms with Crippen molar-refractivity contribution >= 4 is 23.2 Å². The van der Waals surface area contributed by atoms with E-state index in [0.29, 0.717) is 0 Å². The second-order valence-corrected chi connectivity index (χ2v) is 12.2. The Morgan fingerprint density at radius 2 is 0.722 bits per heavy atom. The highest BCUT2D eigenvalue weighted by molar-refractivity contribution is 6.33. The van der Waals surface area contributed by atoms with E-state index in [-0.39, 0.29) is 33.0 Å². The molecule has 0 fully saturated rings. The molecule has 0 saturated heterocycles. The van der Waals surface area contributed by atoms with Gasteiger partial charge in [0.15, 0.2) is 0 Å². The van der Waals surface area contributed by atoms with Crippen molar-refractivity contribution in [2.75, 3.05) is 0 Å².